The first-order valence-corrected chi connectivity index (χ1v) is 10.1. The first-order valence-electron chi connectivity index (χ1n) is 9.71. The largest absolute Gasteiger partial charge is 0.487 e. The van der Waals surface area contributed by atoms with Crippen molar-refractivity contribution in [3.05, 3.63) is 75.4 Å². The molecule has 0 radical (unpaired) electrons. The van der Waals surface area contributed by atoms with Crippen LogP contribution in [0.4, 0.5) is 4.79 Å². The zero-order valence-electron chi connectivity index (χ0n) is 17.5. The van der Waals surface area contributed by atoms with Crippen molar-refractivity contribution in [3.8, 4) is 5.75 Å². The van der Waals surface area contributed by atoms with Gasteiger partial charge < -0.3 is 14.8 Å². The Labute approximate surface area is 181 Å². The molecule has 1 aliphatic heterocycles. The predicted octanol–water partition coefficient (Wildman–Crippen LogP) is 4.55. The molecular formula is C23H25ClN2O4. The minimum Gasteiger partial charge on any atom is -0.487 e. The van der Waals surface area contributed by atoms with E-state index in [1.54, 1.807) is 38.2 Å². The molecule has 0 saturated carbocycles. The molecule has 3 rings (SSSR count). The quantitative estimate of drug-likeness (QED) is 0.685. The number of aryl methyl sites for hydroxylation is 2. The SMILES string of the molecule is CCOC(=O)C1=C(COc2cccc(Cl)c2)N(C)C(=O)NC1c1cc(C)ccc1C. The highest BCUT2D eigenvalue weighted by Gasteiger charge is 2.37. The topological polar surface area (TPSA) is 67.9 Å². The molecule has 158 valence electrons. The van der Waals surface area contributed by atoms with E-state index in [-0.39, 0.29) is 19.2 Å². The molecule has 1 unspecified atom stereocenters. The summed E-state index contributed by atoms with van der Waals surface area (Å²) in [5.41, 5.74) is 3.65. The number of likely N-dealkylation sites (N-methyl/N-ethyl adjacent to an activating group) is 1. The van der Waals surface area contributed by atoms with Crippen LogP contribution in [0.3, 0.4) is 0 Å². The summed E-state index contributed by atoms with van der Waals surface area (Å²) in [6, 6.07) is 11.9. The van der Waals surface area contributed by atoms with E-state index in [2.05, 4.69) is 5.32 Å². The lowest BCUT2D eigenvalue weighted by Gasteiger charge is -2.35. The standard InChI is InChI=1S/C23H25ClN2O4/c1-5-29-22(27)20-19(13-30-17-8-6-7-16(24)12-17)26(4)23(28)25-21(20)18-11-14(2)9-10-15(18)3/h6-12,21H,5,13H2,1-4H3,(H,25,28). The number of carbonyl (C=O) groups is 2. The van der Waals surface area contributed by atoms with E-state index in [4.69, 9.17) is 21.1 Å². The van der Waals surface area contributed by atoms with Gasteiger partial charge >= 0.3 is 12.0 Å². The molecule has 2 aromatic carbocycles. The fourth-order valence-corrected chi connectivity index (χ4v) is 3.57. The molecule has 0 aliphatic carbocycles. The third-order valence-corrected chi connectivity index (χ3v) is 5.22. The minimum atomic E-state index is -0.634. The molecule has 0 spiro atoms. The molecule has 30 heavy (non-hydrogen) atoms. The monoisotopic (exact) mass is 428 g/mol. The lowest BCUT2D eigenvalue weighted by atomic mass is 9.90. The Morgan fingerprint density at radius 3 is 2.67 bits per heavy atom. The number of halogens is 1. The van der Waals surface area contributed by atoms with Crippen LogP contribution in [0.5, 0.6) is 5.75 Å². The van der Waals surface area contributed by atoms with Gasteiger partial charge in [-0.2, -0.15) is 0 Å². The van der Waals surface area contributed by atoms with E-state index in [9.17, 15) is 9.59 Å². The number of urea groups is 1. The minimum absolute atomic E-state index is 0.0137. The average molecular weight is 429 g/mol. The van der Waals surface area contributed by atoms with E-state index in [0.29, 0.717) is 22.0 Å². The van der Waals surface area contributed by atoms with Gasteiger partial charge in [-0.25, -0.2) is 9.59 Å². The van der Waals surface area contributed by atoms with Crippen LogP contribution in [-0.4, -0.2) is 37.2 Å². The van der Waals surface area contributed by atoms with Gasteiger partial charge in [-0.15, -0.1) is 0 Å². The van der Waals surface area contributed by atoms with Crippen molar-refractivity contribution in [1.29, 1.82) is 0 Å². The maximum Gasteiger partial charge on any atom is 0.338 e. The average Bonchev–Trinajstić information content (AvgIpc) is 2.70. The smallest absolute Gasteiger partial charge is 0.338 e. The third-order valence-electron chi connectivity index (χ3n) is 4.99. The van der Waals surface area contributed by atoms with Gasteiger partial charge in [0.2, 0.25) is 0 Å². The van der Waals surface area contributed by atoms with E-state index in [0.717, 1.165) is 16.7 Å². The molecule has 0 saturated heterocycles. The molecule has 1 aliphatic rings. The second-order valence-electron chi connectivity index (χ2n) is 7.13. The van der Waals surface area contributed by atoms with Crippen molar-refractivity contribution >= 4 is 23.6 Å². The zero-order valence-corrected chi connectivity index (χ0v) is 18.2. The number of benzene rings is 2. The van der Waals surface area contributed by atoms with Gasteiger partial charge in [-0.05, 0) is 50.1 Å². The van der Waals surface area contributed by atoms with Crippen molar-refractivity contribution < 1.29 is 19.1 Å². The second-order valence-corrected chi connectivity index (χ2v) is 7.56. The fraction of sp³-hybridized carbons (Fsp3) is 0.304. The predicted molar refractivity (Wildman–Crippen MR) is 116 cm³/mol. The maximum absolute atomic E-state index is 13.0. The Balaban J connectivity index is 2.08. The van der Waals surface area contributed by atoms with Crippen LogP contribution in [0.25, 0.3) is 0 Å². The van der Waals surface area contributed by atoms with E-state index < -0.39 is 12.0 Å². The van der Waals surface area contributed by atoms with E-state index in [1.807, 2.05) is 32.0 Å². The first-order chi connectivity index (χ1) is 14.3. The van der Waals surface area contributed by atoms with Crippen molar-refractivity contribution in [2.45, 2.75) is 26.8 Å². The van der Waals surface area contributed by atoms with Gasteiger partial charge in [-0.3, -0.25) is 4.90 Å². The summed E-state index contributed by atoms with van der Waals surface area (Å²) < 4.78 is 11.2. The highest BCUT2D eigenvalue weighted by Crippen LogP contribution is 2.33. The number of amides is 2. The van der Waals surface area contributed by atoms with Gasteiger partial charge in [0.05, 0.1) is 23.9 Å². The summed E-state index contributed by atoms with van der Waals surface area (Å²) in [7, 11) is 1.60. The van der Waals surface area contributed by atoms with Crippen LogP contribution in [0, 0.1) is 13.8 Å². The maximum atomic E-state index is 13.0. The fourth-order valence-electron chi connectivity index (χ4n) is 3.39. The molecule has 0 aromatic heterocycles. The normalized spacial score (nSPS) is 16.4. The van der Waals surface area contributed by atoms with Crippen LogP contribution >= 0.6 is 11.6 Å². The molecule has 2 aromatic rings. The Kier molecular flexibility index (Phi) is 6.67. The molecule has 1 N–H and O–H groups in total. The van der Waals surface area contributed by atoms with Crippen LogP contribution < -0.4 is 10.1 Å². The molecule has 7 heteroatoms. The van der Waals surface area contributed by atoms with Gasteiger partial charge in [0, 0.05) is 12.1 Å². The number of hydrogen-bond donors (Lipinski definition) is 1. The number of hydrogen-bond acceptors (Lipinski definition) is 4. The summed E-state index contributed by atoms with van der Waals surface area (Å²) >= 11 is 6.03. The Bertz CT molecular complexity index is 1000. The molecule has 0 fully saturated rings. The molecule has 0 bridgehead atoms. The molecule has 2 amide bonds. The number of nitrogens with zero attached hydrogens (tertiary/aromatic N) is 1. The first kappa shape index (κ1) is 21.7. The van der Waals surface area contributed by atoms with Crippen LogP contribution in [0.15, 0.2) is 53.7 Å². The summed E-state index contributed by atoms with van der Waals surface area (Å²) in [5.74, 6) is 0.0563. The van der Waals surface area contributed by atoms with Gasteiger partial charge in [0.15, 0.2) is 0 Å². The van der Waals surface area contributed by atoms with Crippen molar-refractivity contribution in [2.75, 3.05) is 20.3 Å². The van der Waals surface area contributed by atoms with Gasteiger partial charge in [0.25, 0.3) is 0 Å². The number of rotatable bonds is 6. The van der Waals surface area contributed by atoms with Crippen LogP contribution in [-0.2, 0) is 9.53 Å². The summed E-state index contributed by atoms with van der Waals surface area (Å²) in [6.07, 6.45) is 0. The molecule has 6 nitrogen and oxygen atoms in total. The van der Waals surface area contributed by atoms with E-state index >= 15 is 0 Å². The zero-order chi connectivity index (χ0) is 21.8. The summed E-state index contributed by atoms with van der Waals surface area (Å²) in [5, 5.41) is 3.47. The lowest BCUT2D eigenvalue weighted by molar-refractivity contribution is -0.139. The van der Waals surface area contributed by atoms with Crippen molar-refractivity contribution in [3.63, 3.8) is 0 Å². The molecule has 1 atom stereocenters. The molecule has 1 heterocycles. The summed E-state index contributed by atoms with van der Waals surface area (Å²) in [6.45, 7) is 5.90. The second kappa shape index (κ2) is 9.22. The number of esters is 1. The number of ether oxygens (including phenoxy) is 2. The highest BCUT2D eigenvalue weighted by molar-refractivity contribution is 6.30. The van der Waals surface area contributed by atoms with Crippen molar-refractivity contribution in [1.82, 2.24) is 10.2 Å². The van der Waals surface area contributed by atoms with E-state index in [1.165, 1.54) is 4.90 Å². The van der Waals surface area contributed by atoms with Gasteiger partial charge in [-0.1, -0.05) is 41.4 Å². The van der Waals surface area contributed by atoms with Crippen molar-refractivity contribution in [2.24, 2.45) is 0 Å². The number of nitrogens with one attached hydrogen (secondary N) is 1. The van der Waals surface area contributed by atoms with Gasteiger partial charge in [0.1, 0.15) is 12.4 Å². The summed E-state index contributed by atoms with van der Waals surface area (Å²) in [4.78, 5) is 27.1. The Hall–Kier alpha value is -2.99. The molecular weight excluding hydrogens is 404 g/mol. The highest BCUT2D eigenvalue weighted by atomic mass is 35.5. The van der Waals surface area contributed by atoms with Crippen LogP contribution in [0.1, 0.15) is 29.7 Å². The Morgan fingerprint density at radius 1 is 1.20 bits per heavy atom. The Morgan fingerprint density at radius 2 is 1.97 bits per heavy atom. The van der Waals surface area contributed by atoms with Crippen LogP contribution in [0.2, 0.25) is 5.02 Å². The third kappa shape index (κ3) is 4.60. The lowest BCUT2D eigenvalue weighted by Crippen LogP contribution is -2.48. The number of carbonyl (C=O) groups excluding carboxylic acids is 2.